The third-order valence-corrected chi connectivity index (χ3v) is 3.30. The molecular weight excluding hydrogens is 250 g/mol. The van der Waals surface area contributed by atoms with Gasteiger partial charge in [0.15, 0.2) is 0 Å². The van der Waals surface area contributed by atoms with Crippen molar-refractivity contribution < 1.29 is 4.79 Å². The van der Waals surface area contributed by atoms with E-state index in [2.05, 4.69) is 10.3 Å². The summed E-state index contributed by atoms with van der Waals surface area (Å²) in [7, 11) is 1.85. The van der Waals surface area contributed by atoms with Crippen molar-refractivity contribution in [2.45, 2.75) is 13.8 Å². The predicted molar refractivity (Wildman–Crippen MR) is 82.1 cm³/mol. The number of aryl methyl sites for hydroxylation is 1. The molecule has 1 amide bonds. The molecule has 0 radical (unpaired) electrons. The largest absolute Gasteiger partial charge is 0.350 e. The highest BCUT2D eigenvalue weighted by Crippen LogP contribution is 2.18. The Balaban J connectivity index is 2.01. The first-order valence-corrected chi connectivity index (χ1v) is 6.56. The van der Waals surface area contributed by atoms with Gasteiger partial charge in [0, 0.05) is 18.9 Å². The Labute approximate surface area is 119 Å². The smallest absolute Gasteiger partial charge is 0.243 e. The number of likely N-dealkylation sites (N-methyl/N-ethyl adjacent to an activating group) is 1. The van der Waals surface area contributed by atoms with E-state index in [0.717, 1.165) is 17.1 Å². The second-order valence-corrected chi connectivity index (χ2v) is 4.84. The van der Waals surface area contributed by atoms with Gasteiger partial charge in [-0.15, -0.1) is 0 Å². The molecule has 1 N–H and O–H groups in total. The molecule has 0 aliphatic rings. The minimum Gasteiger partial charge on any atom is -0.350 e. The maximum Gasteiger partial charge on any atom is 0.243 e. The summed E-state index contributed by atoms with van der Waals surface area (Å²) in [6.07, 6.45) is 1.72. The fourth-order valence-corrected chi connectivity index (χ4v) is 1.95. The summed E-state index contributed by atoms with van der Waals surface area (Å²) < 4.78 is 0. The Bertz CT molecular complexity index is 596. The highest BCUT2D eigenvalue weighted by atomic mass is 16.2. The Kier molecular flexibility index (Phi) is 4.35. The summed E-state index contributed by atoms with van der Waals surface area (Å²) in [5.74, 6) is 0.732. The van der Waals surface area contributed by atoms with E-state index in [1.807, 2.05) is 62.2 Å². The van der Waals surface area contributed by atoms with Crippen molar-refractivity contribution in [3.8, 4) is 0 Å². The van der Waals surface area contributed by atoms with Gasteiger partial charge in [-0.25, -0.2) is 4.98 Å². The molecule has 0 aliphatic heterocycles. The van der Waals surface area contributed by atoms with Crippen LogP contribution < -0.4 is 10.2 Å². The van der Waals surface area contributed by atoms with E-state index in [-0.39, 0.29) is 12.5 Å². The molecule has 1 heterocycles. The lowest BCUT2D eigenvalue weighted by atomic mass is 10.1. The molecule has 0 saturated carbocycles. The van der Waals surface area contributed by atoms with Crippen LogP contribution in [0.1, 0.15) is 11.1 Å². The van der Waals surface area contributed by atoms with Crippen LogP contribution in [0.3, 0.4) is 0 Å². The molecule has 2 rings (SSSR count). The Morgan fingerprint density at radius 2 is 2.00 bits per heavy atom. The molecule has 0 atom stereocenters. The maximum absolute atomic E-state index is 12.1. The summed E-state index contributed by atoms with van der Waals surface area (Å²) in [6, 6.07) is 11.5. The number of anilines is 2. The molecule has 0 bridgehead atoms. The van der Waals surface area contributed by atoms with Crippen LogP contribution in [0, 0.1) is 13.8 Å². The van der Waals surface area contributed by atoms with E-state index in [4.69, 9.17) is 0 Å². The lowest BCUT2D eigenvalue weighted by Crippen LogP contribution is -2.30. The average molecular weight is 269 g/mol. The third kappa shape index (κ3) is 3.35. The number of nitrogens with one attached hydrogen (secondary N) is 1. The lowest BCUT2D eigenvalue weighted by Gasteiger charge is -2.18. The zero-order valence-corrected chi connectivity index (χ0v) is 12.1. The minimum absolute atomic E-state index is 0.0492. The van der Waals surface area contributed by atoms with E-state index in [1.54, 1.807) is 6.20 Å². The molecule has 20 heavy (non-hydrogen) atoms. The highest BCUT2D eigenvalue weighted by Gasteiger charge is 2.10. The molecule has 2 aromatic rings. The molecule has 0 saturated heterocycles. The lowest BCUT2D eigenvalue weighted by molar-refractivity contribution is -0.114. The van der Waals surface area contributed by atoms with Gasteiger partial charge in [-0.2, -0.15) is 0 Å². The highest BCUT2D eigenvalue weighted by molar-refractivity contribution is 5.94. The van der Waals surface area contributed by atoms with Crippen LogP contribution in [0.4, 0.5) is 11.5 Å². The summed E-state index contributed by atoms with van der Waals surface area (Å²) in [6.45, 7) is 4.31. The van der Waals surface area contributed by atoms with E-state index in [9.17, 15) is 4.79 Å². The minimum atomic E-state index is -0.0492. The van der Waals surface area contributed by atoms with Crippen LogP contribution in [0.5, 0.6) is 0 Å². The van der Waals surface area contributed by atoms with Crippen LogP contribution in [0.25, 0.3) is 0 Å². The standard InChI is InChI=1S/C16H19N3O/c1-12-7-6-8-14(13(12)2)18-16(20)11-19(3)15-9-4-5-10-17-15/h4-10H,11H2,1-3H3,(H,18,20). The molecule has 0 fully saturated rings. The van der Waals surface area contributed by atoms with E-state index < -0.39 is 0 Å². The number of amides is 1. The van der Waals surface area contributed by atoms with E-state index in [1.165, 1.54) is 5.56 Å². The van der Waals surface area contributed by atoms with Crippen molar-refractivity contribution in [3.63, 3.8) is 0 Å². The van der Waals surface area contributed by atoms with Crippen LogP contribution in [0.15, 0.2) is 42.6 Å². The number of rotatable bonds is 4. The number of hydrogen-bond acceptors (Lipinski definition) is 3. The summed E-state index contributed by atoms with van der Waals surface area (Å²) in [4.78, 5) is 18.1. The zero-order valence-electron chi connectivity index (χ0n) is 12.1. The van der Waals surface area contributed by atoms with Gasteiger partial charge in [0.2, 0.25) is 5.91 Å². The second kappa shape index (κ2) is 6.19. The predicted octanol–water partition coefficient (Wildman–Crippen LogP) is 2.77. The van der Waals surface area contributed by atoms with Crippen molar-refractivity contribution >= 4 is 17.4 Å². The molecule has 4 heteroatoms. The quantitative estimate of drug-likeness (QED) is 0.928. The fourth-order valence-electron chi connectivity index (χ4n) is 1.95. The van der Waals surface area contributed by atoms with Gasteiger partial charge in [-0.05, 0) is 43.2 Å². The van der Waals surface area contributed by atoms with Crippen molar-refractivity contribution in [2.75, 3.05) is 23.8 Å². The second-order valence-electron chi connectivity index (χ2n) is 4.84. The van der Waals surface area contributed by atoms with Gasteiger partial charge in [0.1, 0.15) is 5.82 Å². The van der Waals surface area contributed by atoms with Gasteiger partial charge in [0.05, 0.1) is 6.54 Å². The summed E-state index contributed by atoms with van der Waals surface area (Å²) in [5, 5.41) is 2.94. The topological polar surface area (TPSA) is 45.2 Å². The third-order valence-electron chi connectivity index (χ3n) is 3.30. The summed E-state index contributed by atoms with van der Waals surface area (Å²) >= 11 is 0. The molecule has 0 unspecified atom stereocenters. The van der Waals surface area contributed by atoms with Crippen molar-refractivity contribution in [1.82, 2.24) is 4.98 Å². The number of benzene rings is 1. The van der Waals surface area contributed by atoms with E-state index in [0.29, 0.717) is 0 Å². The number of pyridine rings is 1. The van der Waals surface area contributed by atoms with Crippen molar-refractivity contribution in [1.29, 1.82) is 0 Å². The first kappa shape index (κ1) is 14.1. The first-order chi connectivity index (χ1) is 9.58. The zero-order chi connectivity index (χ0) is 14.5. The monoisotopic (exact) mass is 269 g/mol. The number of aromatic nitrogens is 1. The molecule has 4 nitrogen and oxygen atoms in total. The molecule has 1 aromatic heterocycles. The van der Waals surface area contributed by atoms with Gasteiger partial charge in [-0.1, -0.05) is 18.2 Å². The average Bonchev–Trinajstić information content (AvgIpc) is 2.45. The molecule has 0 spiro atoms. The SMILES string of the molecule is Cc1cccc(NC(=O)CN(C)c2ccccn2)c1C. The number of carbonyl (C=O) groups excluding carboxylic acids is 1. The Morgan fingerprint density at radius 3 is 2.70 bits per heavy atom. The number of carbonyl (C=O) groups is 1. The summed E-state index contributed by atoms with van der Waals surface area (Å²) in [5.41, 5.74) is 3.13. The number of nitrogens with zero attached hydrogens (tertiary/aromatic N) is 2. The molecule has 104 valence electrons. The normalized spacial score (nSPS) is 10.2. The maximum atomic E-state index is 12.1. The van der Waals surface area contributed by atoms with Crippen LogP contribution in [-0.4, -0.2) is 24.5 Å². The van der Waals surface area contributed by atoms with Crippen LogP contribution in [0.2, 0.25) is 0 Å². The van der Waals surface area contributed by atoms with Crippen molar-refractivity contribution in [2.24, 2.45) is 0 Å². The Hall–Kier alpha value is -2.36. The van der Waals surface area contributed by atoms with Crippen molar-refractivity contribution in [3.05, 3.63) is 53.7 Å². The van der Waals surface area contributed by atoms with Gasteiger partial charge in [-0.3, -0.25) is 4.79 Å². The van der Waals surface area contributed by atoms with Crippen LogP contribution >= 0.6 is 0 Å². The molecule has 0 aliphatic carbocycles. The van der Waals surface area contributed by atoms with Crippen LogP contribution in [-0.2, 0) is 4.79 Å². The van der Waals surface area contributed by atoms with Gasteiger partial charge in [0.25, 0.3) is 0 Å². The molecular formula is C16H19N3O. The van der Waals surface area contributed by atoms with E-state index >= 15 is 0 Å². The Morgan fingerprint density at radius 1 is 1.20 bits per heavy atom. The number of hydrogen-bond donors (Lipinski definition) is 1. The van der Waals surface area contributed by atoms with Gasteiger partial charge >= 0.3 is 0 Å². The first-order valence-electron chi connectivity index (χ1n) is 6.56. The molecule has 1 aromatic carbocycles. The fraction of sp³-hybridized carbons (Fsp3) is 0.250. The van der Waals surface area contributed by atoms with Gasteiger partial charge < -0.3 is 10.2 Å².